The zero-order valence-electron chi connectivity index (χ0n) is 11.8. The molecule has 0 aliphatic rings. The topological polar surface area (TPSA) is 60.5 Å². The number of carbonyl (C=O) groups excluding carboxylic acids is 1. The highest BCUT2D eigenvalue weighted by Gasteiger charge is 2.28. The van der Waals surface area contributed by atoms with Crippen LogP contribution in [0.15, 0.2) is 48.7 Å². The van der Waals surface area contributed by atoms with Crippen LogP contribution in [0.1, 0.15) is 15.9 Å². The van der Waals surface area contributed by atoms with E-state index in [2.05, 4.69) is 15.2 Å². The Hall–Kier alpha value is -2.61. The van der Waals surface area contributed by atoms with E-state index in [1.165, 1.54) is 12.1 Å². The summed E-state index contributed by atoms with van der Waals surface area (Å²) >= 11 is 0. The molecule has 0 aliphatic carbocycles. The fourth-order valence-corrected chi connectivity index (χ4v) is 1.57. The number of pyridine rings is 1. The maximum absolute atomic E-state index is 12.0. The van der Waals surface area contributed by atoms with Gasteiger partial charge in [0.05, 0.1) is 12.2 Å². The van der Waals surface area contributed by atoms with E-state index in [-0.39, 0.29) is 18.1 Å². The van der Waals surface area contributed by atoms with Gasteiger partial charge in [-0.05, 0) is 11.6 Å². The van der Waals surface area contributed by atoms with E-state index >= 15 is 0 Å². The first-order chi connectivity index (χ1) is 10.9. The molecule has 2 rings (SSSR count). The monoisotopic (exact) mass is 326 g/mol. The van der Waals surface area contributed by atoms with E-state index in [0.717, 1.165) is 11.8 Å². The zero-order chi connectivity index (χ0) is 16.7. The second-order valence-electron chi connectivity index (χ2n) is 4.49. The number of benzene rings is 1. The van der Waals surface area contributed by atoms with Crippen molar-refractivity contribution < 1.29 is 27.5 Å². The van der Waals surface area contributed by atoms with Crippen LogP contribution >= 0.6 is 0 Å². The second-order valence-corrected chi connectivity index (χ2v) is 4.49. The molecule has 0 radical (unpaired) electrons. The Morgan fingerprint density at radius 3 is 2.48 bits per heavy atom. The lowest BCUT2D eigenvalue weighted by Gasteiger charge is -2.09. The highest BCUT2D eigenvalue weighted by Crippen LogP contribution is 2.17. The Morgan fingerprint density at radius 1 is 1.13 bits per heavy atom. The van der Waals surface area contributed by atoms with Gasteiger partial charge in [0.25, 0.3) is 5.91 Å². The molecule has 1 N–H and O–H groups in total. The Labute approximate surface area is 130 Å². The number of hydrogen-bond donors (Lipinski definition) is 1. The van der Waals surface area contributed by atoms with Gasteiger partial charge in [-0.2, -0.15) is 13.2 Å². The summed E-state index contributed by atoms with van der Waals surface area (Å²) < 4.78 is 40.4. The Bertz CT molecular complexity index is 631. The maximum Gasteiger partial charge on any atom is 0.422 e. The number of aromatic nitrogens is 1. The molecule has 1 aromatic carbocycles. The normalized spacial score (nSPS) is 11.1. The van der Waals surface area contributed by atoms with E-state index in [0.29, 0.717) is 0 Å². The van der Waals surface area contributed by atoms with Crippen LogP contribution in [0.5, 0.6) is 5.88 Å². The molecule has 1 amide bonds. The lowest BCUT2D eigenvalue weighted by molar-refractivity contribution is -0.154. The van der Waals surface area contributed by atoms with Crippen molar-refractivity contribution in [1.82, 2.24) is 10.5 Å². The molecule has 0 unspecified atom stereocenters. The quantitative estimate of drug-likeness (QED) is 0.829. The van der Waals surface area contributed by atoms with Crippen LogP contribution in [0.4, 0.5) is 13.2 Å². The molecule has 0 saturated heterocycles. The average molecular weight is 326 g/mol. The Morgan fingerprint density at radius 2 is 1.87 bits per heavy atom. The van der Waals surface area contributed by atoms with Crippen LogP contribution in [0.25, 0.3) is 0 Å². The number of rotatable bonds is 6. The summed E-state index contributed by atoms with van der Waals surface area (Å²) in [6, 6.07) is 11.7. The number of ether oxygens (including phenoxy) is 1. The van der Waals surface area contributed by atoms with Gasteiger partial charge >= 0.3 is 6.18 Å². The Balaban J connectivity index is 1.80. The van der Waals surface area contributed by atoms with Gasteiger partial charge in [0.15, 0.2) is 6.61 Å². The minimum atomic E-state index is -4.44. The number of hydroxylamine groups is 1. The predicted molar refractivity (Wildman–Crippen MR) is 74.5 cm³/mol. The van der Waals surface area contributed by atoms with Crippen molar-refractivity contribution in [3.05, 3.63) is 59.8 Å². The van der Waals surface area contributed by atoms with Crippen LogP contribution in [-0.2, 0) is 11.4 Å². The van der Waals surface area contributed by atoms with E-state index in [1.54, 1.807) is 0 Å². The van der Waals surface area contributed by atoms with Crippen molar-refractivity contribution in [3.8, 4) is 5.88 Å². The van der Waals surface area contributed by atoms with Crippen molar-refractivity contribution in [1.29, 1.82) is 0 Å². The van der Waals surface area contributed by atoms with Gasteiger partial charge in [-0.1, -0.05) is 30.3 Å². The zero-order valence-corrected chi connectivity index (χ0v) is 11.8. The lowest BCUT2D eigenvalue weighted by Crippen LogP contribution is -2.24. The molecule has 1 aromatic heterocycles. The molecule has 2 aromatic rings. The molecule has 0 bridgehead atoms. The van der Waals surface area contributed by atoms with Crippen LogP contribution < -0.4 is 10.2 Å². The number of halogens is 3. The fourth-order valence-electron chi connectivity index (χ4n) is 1.57. The van der Waals surface area contributed by atoms with Crippen LogP contribution in [0.2, 0.25) is 0 Å². The molecule has 5 nitrogen and oxygen atoms in total. The third-order valence-electron chi connectivity index (χ3n) is 2.63. The summed E-state index contributed by atoms with van der Waals surface area (Å²) in [5.41, 5.74) is 3.24. The number of hydrogen-bond acceptors (Lipinski definition) is 4. The molecule has 1 heterocycles. The van der Waals surface area contributed by atoms with Crippen molar-refractivity contribution >= 4 is 5.91 Å². The average Bonchev–Trinajstić information content (AvgIpc) is 2.54. The first kappa shape index (κ1) is 16.8. The molecular formula is C15H13F3N2O3. The van der Waals surface area contributed by atoms with Gasteiger partial charge in [-0.15, -0.1) is 0 Å². The van der Waals surface area contributed by atoms with Gasteiger partial charge in [-0.25, -0.2) is 10.5 Å². The third-order valence-corrected chi connectivity index (χ3v) is 2.63. The highest BCUT2D eigenvalue weighted by atomic mass is 19.4. The molecule has 0 saturated carbocycles. The smallest absolute Gasteiger partial charge is 0.422 e. The maximum atomic E-state index is 12.0. The number of nitrogens with one attached hydrogen (secondary N) is 1. The van der Waals surface area contributed by atoms with E-state index in [1.807, 2.05) is 30.3 Å². The predicted octanol–water partition coefficient (Wildman–Crippen LogP) is 2.88. The van der Waals surface area contributed by atoms with Gasteiger partial charge in [0, 0.05) is 12.3 Å². The molecule has 0 spiro atoms. The molecule has 122 valence electrons. The SMILES string of the molecule is O=C(NOCc1ccccc1)c1ccc(OCC(F)(F)F)nc1. The molecule has 8 heteroatoms. The number of nitrogens with zero attached hydrogens (tertiary/aromatic N) is 1. The molecular weight excluding hydrogens is 313 g/mol. The first-order valence-electron chi connectivity index (χ1n) is 6.56. The number of carbonyl (C=O) groups is 1. The Kier molecular flexibility index (Phi) is 5.53. The van der Waals surface area contributed by atoms with Crippen molar-refractivity contribution in [2.24, 2.45) is 0 Å². The van der Waals surface area contributed by atoms with Crippen LogP contribution in [0.3, 0.4) is 0 Å². The van der Waals surface area contributed by atoms with Gasteiger partial charge in [0.2, 0.25) is 5.88 Å². The van der Waals surface area contributed by atoms with Crippen molar-refractivity contribution in [2.45, 2.75) is 12.8 Å². The first-order valence-corrected chi connectivity index (χ1v) is 6.56. The minimum absolute atomic E-state index is 0.137. The lowest BCUT2D eigenvalue weighted by atomic mass is 10.2. The van der Waals surface area contributed by atoms with Crippen molar-refractivity contribution in [3.63, 3.8) is 0 Å². The van der Waals surface area contributed by atoms with E-state index in [9.17, 15) is 18.0 Å². The van der Waals surface area contributed by atoms with Crippen LogP contribution in [0, 0.1) is 0 Å². The molecule has 0 atom stereocenters. The minimum Gasteiger partial charge on any atom is -0.468 e. The van der Waals surface area contributed by atoms with Gasteiger partial charge in [0.1, 0.15) is 0 Å². The summed E-state index contributed by atoms with van der Waals surface area (Å²) in [6.45, 7) is -1.25. The van der Waals surface area contributed by atoms with Gasteiger partial charge < -0.3 is 4.74 Å². The summed E-state index contributed by atoms with van der Waals surface area (Å²) in [6.07, 6.45) is -3.34. The highest BCUT2D eigenvalue weighted by molar-refractivity contribution is 5.93. The standard InChI is InChI=1S/C15H13F3N2O3/c16-15(17,18)10-22-13-7-6-12(8-19-13)14(21)20-23-9-11-4-2-1-3-5-11/h1-8H,9-10H2,(H,20,21). The number of amides is 1. The second kappa shape index (κ2) is 7.59. The molecule has 0 fully saturated rings. The summed E-state index contributed by atoms with van der Waals surface area (Å²) in [4.78, 5) is 20.4. The van der Waals surface area contributed by atoms with Gasteiger partial charge in [-0.3, -0.25) is 9.63 Å². The van der Waals surface area contributed by atoms with E-state index in [4.69, 9.17) is 4.84 Å². The molecule has 0 aliphatic heterocycles. The summed E-state index contributed by atoms with van der Waals surface area (Å²) in [7, 11) is 0. The fraction of sp³-hybridized carbons (Fsp3) is 0.200. The van der Waals surface area contributed by atoms with E-state index < -0.39 is 18.7 Å². The number of alkyl halides is 3. The summed E-state index contributed by atoms with van der Waals surface area (Å²) in [5, 5.41) is 0. The van der Waals surface area contributed by atoms with Crippen LogP contribution in [-0.4, -0.2) is 23.7 Å². The molecule has 23 heavy (non-hydrogen) atoms. The summed E-state index contributed by atoms with van der Waals surface area (Å²) in [5.74, 6) is -0.778. The largest absolute Gasteiger partial charge is 0.468 e. The third kappa shape index (κ3) is 5.95. The van der Waals surface area contributed by atoms with Crippen molar-refractivity contribution in [2.75, 3.05) is 6.61 Å².